The first-order valence-corrected chi connectivity index (χ1v) is 6.55. The molecule has 0 aliphatic heterocycles. The van der Waals surface area contributed by atoms with Crippen LogP contribution >= 0.6 is 11.3 Å². The van der Waals surface area contributed by atoms with Gasteiger partial charge in [-0.15, -0.1) is 11.3 Å². The average Bonchev–Trinajstić information content (AvgIpc) is 2.89. The number of ether oxygens (including phenoxy) is 1. The minimum absolute atomic E-state index is 0.402. The Hall–Kier alpha value is -1.85. The van der Waals surface area contributed by atoms with Crippen molar-refractivity contribution in [3.05, 3.63) is 47.1 Å². The van der Waals surface area contributed by atoms with E-state index in [4.69, 9.17) is 10.5 Å². The lowest BCUT2D eigenvalue weighted by Crippen LogP contribution is -2.01. The zero-order valence-corrected chi connectivity index (χ0v) is 10.8. The summed E-state index contributed by atoms with van der Waals surface area (Å²) in [6.45, 7) is 2.43. The van der Waals surface area contributed by atoms with Gasteiger partial charge in [-0.2, -0.15) is 4.98 Å². The number of benzene rings is 1. The monoisotopic (exact) mass is 259 g/mol. The van der Waals surface area contributed by atoms with Crippen LogP contribution in [0.2, 0.25) is 0 Å². The van der Waals surface area contributed by atoms with Gasteiger partial charge in [0.25, 0.3) is 0 Å². The summed E-state index contributed by atoms with van der Waals surface area (Å²) in [5.74, 6) is 1.38. The molecule has 3 aromatic rings. The molecule has 2 heterocycles. The van der Waals surface area contributed by atoms with Crippen molar-refractivity contribution in [2.75, 3.05) is 0 Å². The molecule has 0 bridgehead atoms. The van der Waals surface area contributed by atoms with Crippen LogP contribution in [0.25, 0.3) is 4.96 Å². The highest BCUT2D eigenvalue weighted by Crippen LogP contribution is 2.27. The topological polar surface area (TPSA) is 52.5 Å². The Kier molecular flexibility index (Phi) is 2.77. The molecule has 0 saturated heterocycles. The predicted molar refractivity (Wildman–Crippen MR) is 72.2 cm³/mol. The molecule has 1 aromatic carbocycles. The molecule has 5 heteroatoms. The molecular formula is C13H13N3OS. The molecule has 2 aromatic heterocycles. The van der Waals surface area contributed by atoms with E-state index in [1.54, 1.807) is 11.3 Å². The van der Waals surface area contributed by atoms with E-state index in [2.05, 4.69) is 4.98 Å². The van der Waals surface area contributed by atoms with E-state index in [9.17, 15) is 0 Å². The van der Waals surface area contributed by atoms with Crippen molar-refractivity contribution >= 4 is 16.3 Å². The average molecular weight is 259 g/mol. The Bertz CT molecular complexity index is 686. The number of hydrogen-bond acceptors (Lipinski definition) is 4. The first-order chi connectivity index (χ1) is 8.78. The Balaban J connectivity index is 2.01. The summed E-state index contributed by atoms with van der Waals surface area (Å²) in [5, 5.41) is 1.98. The summed E-state index contributed by atoms with van der Waals surface area (Å²) in [4.78, 5) is 5.35. The lowest BCUT2D eigenvalue weighted by Gasteiger charge is -2.05. The van der Waals surface area contributed by atoms with Gasteiger partial charge >= 0.3 is 0 Å². The van der Waals surface area contributed by atoms with Gasteiger partial charge in [-0.05, 0) is 24.6 Å². The van der Waals surface area contributed by atoms with Crippen molar-refractivity contribution in [1.82, 2.24) is 9.38 Å². The van der Waals surface area contributed by atoms with E-state index in [1.807, 2.05) is 47.2 Å². The Morgan fingerprint density at radius 1 is 1.44 bits per heavy atom. The molecule has 4 nitrogen and oxygen atoms in total. The SMILES string of the molecule is Cc1cccc(Oc2nc3sccn3c2CN)c1. The second-order valence-corrected chi connectivity index (χ2v) is 4.91. The van der Waals surface area contributed by atoms with Gasteiger partial charge in [0.2, 0.25) is 5.88 Å². The van der Waals surface area contributed by atoms with Crippen LogP contribution in [-0.2, 0) is 6.54 Å². The van der Waals surface area contributed by atoms with Crippen molar-refractivity contribution in [1.29, 1.82) is 0 Å². The maximum absolute atomic E-state index is 5.82. The minimum Gasteiger partial charge on any atom is -0.437 e. The first kappa shape index (κ1) is 11.3. The number of nitrogens with two attached hydrogens (primary N) is 1. The highest BCUT2D eigenvalue weighted by atomic mass is 32.1. The number of aryl methyl sites for hydroxylation is 1. The van der Waals surface area contributed by atoms with E-state index in [-0.39, 0.29) is 0 Å². The van der Waals surface area contributed by atoms with Crippen molar-refractivity contribution in [3.63, 3.8) is 0 Å². The van der Waals surface area contributed by atoms with Gasteiger partial charge in [0, 0.05) is 18.1 Å². The zero-order chi connectivity index (χ0) is 12.5. The maximum atomic E-state index is 5.82. The van der Waals surface area contributed by atoms with Crippen LogP contribution in [0.3, 0.4) is 0 Å². The third-order valence-electron chi connectivity index (χ3n) is 2.72. The lowest BCUT2D eigenvalue weighted by atomic mass is 10.2. The third kappa shape index (κ3) is 1.87. The zero-order valence-electron chi connectivity index (χ0n) is 9.96. The number of hydrogen-bond donors (Lipinski definition) is 1. The predicted octanol–water partition coefficient (Wildman–Crippen LogP) is 2.96. The minimum atomic E-state index is 0.402. The van der Waals surface area contributed by atoms with E-state index in [0.29, 0.717) is 12.4 Å². The summed E-state index contributed by atoms with van der Waals surface area (Å²) in [5.41, 5.74) is 7.82. The van der Waals surface area contributed by atoms with Gasteiger partial charge in [-0.3, -0.25) is 4.40 Å². The fourth-order valence-corrected chi connectivity index (χ4v) is 2.60. The van der Waals surface area contributed by atoms with E-state index >= 15 is 0 Å². The fourth-order valence-electron chi connectivity index (χ4n) is 1.87. The standard InChI is InChI=1S/C13H13N3OS/c1-9-3-2-4-10(7-9)17-12-11(8-14)16-5-6-18-13(16)15-12/h2-7H,8,14H2,1H3. The van der Waals surface area contributed by atoms with Gasteiger partial charge < -0.3 is 10.5 Å². The number of fused-ring (bicyclic) bond motifs is 1. The molecular weight excluding hydrogens is 246 g/mol. The summed E-state index contributed by atoms with van der Waals surface area (Å²) < 4.78 is 7.79. The van der Waals surface area contributed by atoms with Crippen molar-refractivity contribution in [2.45, 2.75) is 13.5 Å². The second-order valence-electron chi connectivity index (χ2n) is 4.04. The molecule has 0 spiro atoms. The number of imidazole rings is 1. The van der Waals surface area contributed by atoms with E-state index in [1.165, 1.54) is 0 Å². The molecule has 0 atom stereocenters. The number of thiazole rings is 1. The summed E-state index contributed by atoms with van der Waals surface area (Å²) in [7, 11) is 0. The molecule has 0 unspecified atom stereocenters. The van der Waals surface area contributed by atoms with Crippen LogP contribution in [0, 0.1) is 6.92 Å². The van der Waals surface area contributed by atoms with Gasteiger partial charge in [0.1, 0.15) is 11.4 Å². The highest BCUT2D eigenvalue weighted by Gasteiger charge is 2.13. The Labute approximate surface area is 109 Å². The largest absolute Gasteiger partial charge is 0.437 e. The van der Waals surface area contributed by atoms with Crippen LogP contribution in [0.4, 0.5) is 0 Å². The molecule has 0 amide bonds. The molecule has 2 N–H and O–H groups in total. The molecule has 0 saturated carbocycles. The fraction of sp³-hybridized carbons (Fsp3) is 0.154. The third-order valence-corrected chi connectivity index (χ3v) is 3.48. The highest BCUT2D eigenvalue weighted by molar-refractivity contribution is 7.15. The number of aromatic nitrogens is 2. The molecule has 0 fully saturated rings. The number of nitrogens with zero attached hydrogens (tertiary/aromatic N) is 2. The van der Waals surface area contributed by atoms with Gasteiger partial charge in [-0.1, -0.05) is 12.1 Å². The van der Waals surface area contributed by atoms with E-state index in [0.717, 1.165) is 22.0 Å². The summed E-state index contributed by atoms with van der Waals surface area (Å²) in [6.07, 6.45) is 1.96. The van der Waals surface area contributed by atoms with E-state index < -0.39 is 0 Å². The quantitative estimate of drug-likeness (QED) is 0.786. The van der Waals surface area contributed by atoms with Gasteiger partial charge in [-0.25, -0.2) is 0 Å². The normalized spacial score (nSPS) is 11.0. The smallest absolute Gasteiger partial charge is 0.243 e. The van der Waals surface area contributed by atoms with Crippen molar-refractivity contribution in [2.24, 2.45) is 5.73 Å². The first-order valence-electron chi connectivity index (χ1n) is 5.67. The van der Waals surface area contributed by atoms with Crippen molar-refractivity contribution in [3.8, 4) is 11.6 Å². The van der Waals surface area contributed by atoms with Crippen LogP contribution < -0.4 is 10.5 Å². The summed E-state index contributed by atoms with van der Waals surface area (Å²) >= 11 is 1.57. The molecule has 92 valence electrons. The van der Waals surface area contributed by atoms with Gasteiger partial charge in [0.05, 0.1) is 0 Å². The molecule has 3 rings (SSSR count). The Morgan fingerprint density at radius 2 is 2.33 bits per heavy atom. The maximum Gasteiger partial charge on any atom is 0.243 e. The van der Waals surface area contributed by atoms with Crippen LogP contribution in [0.1, 0.15) is 11.3 Å². The molecule has 0 radical (unpaired) electrons. The Morgan fingerprint density at radius 3 is 3.11 bits per heavy atom. The molecule has 0 aliphatic rings. The second kappa shape index (κ2) is 4.44. The molecule has 18 heavy (non-hydrogen) atoms. The van der Waals surface area contributed by atoms with Crippen molar-refractivity contribution < 1.29 is 4.74 Å². The van der Waals surface area contributed by atoms with Crippen LogP contribution in [0.5, 0.6) is 11.6 Å². The lowest BCUT2D eigenvalue weighted by molar-refractivity contribution is 0.459. The number of rotatable bonds is 3. The summed E-state index contributed by atoms with van der Waals surface area (Å²) in [6, 6.07) is 7.89. The van der Waals surface area contributed by atoms with Crippen LogP contribution in [-0.4, -0.2) is 9.38 Å². The van der Waals surface area contributed by atoms with Crippen LogP contribution in [0.15, 0.2) is 35.8 Å². The van der Waals surface area contributed by atoms with Gasteiger partial charge in [0.15, 0.2) is 4.96 Å². The molecule has 0 aliphatic carbocycles.